The van der Waals surface area contributed by atoms with Crippen LogP contribution in [0.25, 0.3) is 0 Å². The van der Waals surface area contributed by atoms with Crippen LogP contribution in [-0.4, -0.2) is 37.0 Å². The Bertz CT molecular complexity index is 413. The van der Waals surface area contributed by atoms with Crippen LogP contribution in [0.3, 0.4) is 0 Å². The highest BCUT2D eigenvalue weighted by atomic mass is 16.5. The molecule has 0 saturated carbocycles. The van der Waals surface area contributed by atoms with Crippen molar-refractivity contribution in [3.63, 3.8) is 0 Å². The van der Waals surface area contributed by atoms with E-state index in [9.17, 15) is 9.59 Å². The van der Waals surface area contributed by atoms with Crippen LogP contribution in [0.15, 0.2) is 22.8 Å². The average Bonchev–Trinajstić information content (AvgIpc) is 2.90. The Labute approximate surface area is 106 Å². The topological polar surface area (TPSA) is 59.8 Å². The predicted octanol–water partition coefficient (Wildman–Crippen LogP) is 1.23. The molecule has 0 radical (unpaired) electrons. The van der Waals surface area contributed by atoms with Gasteiger partial charge >= 0.3 is 5.97 Å². The van der Waals surface area contributed by atoms with E-state index >= 15 is 0 Å². The van der Waals surface area contributed by atoms with Crippen molar-refractivity contribution in [2.45, 2.75) is 19.3 Å². The molecule has 1 aliphatic rings. The molecule has 2 rings (SSSR count). The molecule has 1 aromatic heterocycles. The number of piperidine rings is 1. The van der Waals surface area contributed by atoms with Gasteiger partial charge in [0.05, 0.1) is 25.7 Å². The molecule has 1 saturated heterocycles. The molecular formula is C13H17NO4. The third-order valence-electron chi connectivity index (χ3n) is 3.21. The van der Waals surface area contributed by atoms with Crippen molar-refractivity contribution in [1.29, 1.82) is 0 Å². The zero-order chi connectivity index (χ0) is 13.0. The maximum Gasteiger partial charge on any atom is 0.310 e. The molecule has 1 amide bonds. The molecule has 5 heteroatoms. The fraction of sp³-hybridized carbons (Fsp3) is 0.538. The highest BCUT2D eigenvalue weighted by Crippen LogP contribution is 2.18. The number of likely N-dealkylation sites (tertiary alicyclic amines) is 1. The summed E-state index contributed by atoms with van der Waals surface area (Å²) in [7, 11) is 1.38. The maximum atomic E-state index is 12.0. The normalized spacial score (nSPS) is 19.6. The molecule has 1 aliphatic heterocycles. The van der Waals surface area contributed by atoms with E-state index in [1.807, 2.05) is 0 Å². The number of ether oxygens (including phenoxy) is 1. The number of furan rings is 1. The standard InChI is InChI=1S/C13H17NO4/c1-17-13(16)10-4-2-6-14(9-10)12(15)8-11-5-3-7-18-11/h3,5,7,10H,2,4,6,8-9H2,1H3. The minimum absolute atomic E-state index is 0.00134. The van der Waals surface area contributed by atoms with E-state index in [-0.39, 0.29) is 24.2 Å². The molecule has 1 unspecified atom stereocenters. The van der Waals surface area contributed by atoms with Crippen molar-refractivity contribution >= 4 is 11.9 Å². The number of rotatable bonds is 3. The molecule has 5 nitrogen and oxygen atoms in total. The number of carbonyl (C=O) groups excluding carboxylic acids is 2. The molecule has 0 aromatic carbocycles. The number of methoxy groups -OCH3 is 1. The van der Waals surface area contributed by atoms with Gasteiger partial charge < -0.3 is 14.1 Å². The van der Waals surface area contributed by atoms with Crippen LogP contribution in [-0.2, 0) is 20.7 Å². The number of nitrogens with zero attached hydrogens (tertiary/aromatic N) is 1. The summed E-state index contributed by atoms with van der Waals surface area (Å²) in [5, 5.41) is 0. The van der Waals surface area contributed by atoms with E-state index in [4.69, 9.17) is 9.15 Å². The van der Waals surface area contributed by atoms with Crippen molar-refractivity contribution in [3.8, 4) is 0 Å². The Hall–Kier alpha value is -1.78. The van der Waals surface area contributed by atoms with Gasteiger partial charge in [-0.1, -0.05) is 0 Å². The van der Waals surface area contributed by atoms with Crippen molar-refractivity contribution < 1.29 is 18.7 Å². The second-order valence-corrected chi connectivity index (χ2v) is 4.46. The molecule has 1 atom stereocenters. The summed E-state index contributed by atoms with van der Waals surface area (Å²) in [6, 6.07) is 3.54. The van der Waals surface area contributed by atoms with Crippen LogP contribution >= 0.6 is 0 Å². The maximum absolute atomic E-state index is 12.0. The van der Waals surface area contributed by atoms with Gasteiger partial charge in [-0.2, -0.15) is 0 Å². The molecule has 0 spiro atoms. The summed E-state index contributed by atoms with van der Waals surface area (Å²) < 4.78 is 9.88. The van der Waals surface area contributed by atoms with Gasteiger partial charge in [-0.3, -0.25) is 9.59 Å². The molecule has 18 heavy (non-hydrogen) atoms. The third-order valence-corrected chi connectivity index (χ3v) is 3.21. The highest BCUT2D eigenvalue weighted by molar-refractivity contribution is 5.80. The van der Waals surface area contributed by atoms with Gasteiger partial charge in [-0.25, -0.2) is 0 Å². The van der Waals surface area contributed by atoms with Gasteiger partial charge in [-0.15, -0.1) is 0 Å². The first kappa shape index (κ1) is 12.7. The molecule has 1 fully saturated rings. The molecule has 98 valence electrons. The smallest absolute Gasteiger partial charge is 0.310 e. The van der Waals surface area contributed by atoms with Crippen LogP contribution in [0, 0.1) is 5.92 Å². The summed E-state index contributed by atoms with van der Waals surface area (Å²) in [6.45, 7) is 1.15. The van der Waals surface area contributed by atoms with Crippen LogP contribution in [0.4, 0.5) is 0 Å². The van der Waals surface area contributed by atoms with Gasteiger partial charge in [-0.05, 0) is 25.0 Å². The molecule has 1 aromatic rings. The monoisotopic (exact) mass is 251 g/mol. The number of esters is 1. The van der Waals surface area contributed by atoms with Crippen LogP contribution in [0.2, 0.25) is 0 Å². The molecule has 0 N–H and O–H groups in total. The van der Waals surface area contributed by atoms with Crippen LogP contribution < -0.4 is 0 Å². The number of hydrogen-bond donors (Lipinski definition) is 0. The first-order chi connectivity index (χ1) is 8.70. The van der Waals surface area contributed by atoms with E-state index < -0.39 is 0 Å². The highest BCUT2D eigenvalue weighted by Gasteiger charge is 2.29. The minimum atomic E-state index is -0.231. The number of amides is 1. The Kier molecular flexibility index (Phi) is 4.02. The SMILES string of the molecule is COC(=O)C1CCCN(C(=O)Cc2ccco2)C1. The Morgan fingerprint density at radius 3 is 3.06 bits per heavy atom. The largest absolute Gasteiger partial charge is 0.469 e. The molecule has 2 heterocycles. The van der Waals surface area contributed by atoms with Crippen molar-refractivity contribution in [1.82, 2.24) is 4.90 Å². The second kappa shape index (κ2) is 5.71. The van der Waals surface area contributed by atoms with Gasteiger partial charge in [0.15, 0.2) is 0 Å². The Morgan fingerprint density at radius 2 is 2.39 bits per heavy atom. The van der Waals surface area contributed by atoms with Crippen molar-refractivity contribution in [2.24, 2.45) is 5.92 Å². The zero-order valence-corrected chi connectivity index (χ0v) is 10.4. The first-order valence-electron chi connectivity index (χ1n) is 6.08. The van der Waals surface area contributed by atoms with Crippen molar-refractivity contribution in [3.05, 3.63) is 24.2 Å². The van der Waals surface area contributed by atoms with Gasteiger partial charge in [0, 0.05) is 13.1 Å². The molecular weight excluding hydrogens is 234 g/mol. The first-order valence-corrected chi connectivity index (χ1v) is 6.08. The molecule has 0 bridgehead atoms. The lowest BCUT2D eigenvalue weighted by Gasteiger charge is -2.31. The second-order valence-electron chi connectivity index (χ2n) is 4.46. The fourth-order valence-electron chi connectivity index (χ4n) is 2.24. The third kappa shape index (κ3) is 2.91. The molecule has 0 aliphatic carbocycles. The van der Waals surface area contributed by atoms with Gasteiger partial charge in [0.25, 0.3) is 0 Å². The quantitative estimate of drug-likeness (QED) is 0.758. The van der Waals surface area contributed by atoms with E-state index in [1.165, 1.54) is 7.11 Å². The summed E-state index contributed by atoms with van der Waals surface area (Å²) >= 11 is 0. The van der Waals surface area contributed by atoms with E-state index in [1.54, 1.807) is 23.3 Å². The lowest BCUT2D eigenvalue weighted by Crippen LogP contribution is -2.43. The van der Waals surface area contributed by atoms with E-state index in [0.717, 1.165) is 12.8 Å². The summed E-state index contributed by atoms with van der Waals surface area (Å²) in [6.07, 6.45) is 3.43. The number of carbonyl (C=O) groups is 2. The van der Waals surface area contributed by atoms with Crippen molar-refractivity contribution in [2.75, 3.05) is 20.2 Å². The summed E-state index contributed by atoms with van der Waals surface area (Å²) in [5.74, 6) is 0.230. The Balaban J connectivity index is 1.92. The Morgan fingerprint density at radius 1 is 1.56 bits per heavy atom. The lowest BCUT2D eigenvalue weighted by molar-refractivity contribution is -0.148. The zero-order valence-electron chi connectivity index (χ0n) is 10.4. The average molecular weight is 251 g/mol. The summed E-state index contributed by atoms with van der Waals surface area (Å²) in [4.78, 5) is 25.2. The van der Waals surface area contributed by atoms with E-state index in [2.05, 4.69) is 0 Å². The number of hydrogen-bond acceptors (Lipinski definition) is 4. The summed E-state index contributed by atoms with van der Waals surface area (Å²) in [5.41, 5.74) is 0. The minimum Gasteiger partial charge on any atom is -0.469 e. The van der Waals surface area contributed by atoms with Gasteiger partial charge in [0.2, 0.25) is 5.91 Å². The lowest BCUT2D eigenvalue weighted by atomic mass is 9.98. The fourth-order valence-corrected chi connectivity index (χ4v) is 2.24. The van der Waals surface area contributed by atoms with Gasteiger partial charge in [0.1, 0.15) is 5.76 Å². The van der Waals surface area contributed by atoms with E-state index in [0.29, 0.717) is 18.8 Å². The van der Waals surface area contributed by atoms with Crippen LogP contribution in [0.5, 0.6) is 0 Å². The van der Waals surface area contributed by atoms with Crippen LogP contribution in [0.1, 0.15) is 18.6 Å². The predicted molar refractivity (Wildman–Crippen MR) is 63.7 cm³/mol.